The van der Waals surface area contributed by atoms with Gasteiger partial charge in [0.25, 0.3) is 5.56 Å². The van der Waals surface area contributed by atoms with Crippen molar-refractivity contribution in [2.75, 3.05) is 13.1 Å². The van der Waals surface area contributed by atoms with Crippen molar-refractivity contribution in [3.8, 4) is 0 Å². The summed E-state index contributed by atoms with van der Waals surface area (Å²) in [5, 5.41) is 6.01. The maximum absolute atomic E-state index is 12.5. The minimum Gasteiger partial charge on any atom is -0.355 e. The number of thiophene rings is 1. The largest absolute Gasteiger partial charge is 0.355 e. The number of aromatic nitrogens is 2. The Balaban J connectivity index is 1.60. The highest BCUT2D eigenvalue weighted by molar-refractivity contribution is 7.18. The van der Waals surface area contributed by atoms with Gasteiger partial charge in [-0.1, -0.05) is 6.92 Å². The summed E-state index contributed by atoms with van der Waals surface area (Å²) < 4.78 is 0. The van der Waals surface area contributed by atoms with Crippen molar-refractivity contribution in [1.82, 2.24) is 20.6 Å². The second-order valence-corrected chi connectivity index (χ2v) is 7.61. The van der Waals surface area contributed by atoms with Crippen LogP contribution < -0.4 is 16.2 Å². The Bertz CT molecular complexity index is 871. The van der Waals surface area contributed by atoms with Crippen molar-refractivity contribution in [1.29, 1.82) is 0 Å². The lowest BCUT2D eigenvalue weighted by Crippen LogP contribution is -2.37. The van der Waals surface area contributed by atoms with Crippen LogP contribution in [0.1, 0.15) is 48.9 Å². The summed E-state index contributed by atoms with van der Waals surface area (Å²) in [6.07, 6.45) is 5.63. The highest BCUT2D eigenvalue weighted by Gasteiger charge is 2.19. The summed E-state index contributed by atoms with van der Waals surface area (Å²) in [6.45, 7) is 2.54. The highest BCUT2D eigenvalue weighted by Crippen LogP contribution is 2.33. The Kier molecular flexibility index (Phi) is 6.03. The van der Waals surface area contributed by atoms with Crippen LogP contribution in [-0.4, -0.2) is 34.9 Å². The summed E-state index contributed by atoms with van der Waals surface area (Å²) in [5.41, 5.74) is 1.05. The molecule has 2 amide bonds. The van der Waals surface area contributed by atoms with Crippen LogP contribution in [0.25, 0.3) is 10.2 Å². The monoisotopic (exact) mass is 376 g/mol. The van der Waals surface area contributed by atoms with Gasteiger partial charge in [-0.25, -0.2) is 4.98 Å². The molecule has 0 fully saturated rings. The van der Waals surface area contributed by atoms with Gasteiger partial charge in [-0.05, 0) is 37.7 Å². The molecular formula is C18H24N4O3S. The van der Waals surface area contributed by atoms with Crippen LogP contribution in [0.2, 0.25) is 0 Å². The third kappa shape index (κ3) is 4.30. The van der Waals surface area contributed by atoms with Gasteiger partial charge in [-0.2, -0.15) is 0 Å². The van der Waals surface area contributed by atoms with E-state index in [0.29, 0.717) is 18.8 Å². The first-order valence-electron chi connectivity index (χ1n) is 9.15. The molecule has 8 heteroatoms. The number of aryl methyl sites for hydroxylation is 3. The zero-order valence-electron chi connectivity index (χ0n) is 14.9. The fourth-order valence-electron chi connectivity index (χ4n) is 3.15. The number of nitrogens with one attached hydrogen (secondary N) is 3. The molecule has 1 aliphatic rings. The molecule has 0 saturated carbocycles. The first-order chi connectivity index (χ1) is 12.6. The smallest absolute Gasteiger partial charge is 0.259 e. The van der Waals surface area contributed by atoms with E-state index in [1.807, 2.05) is 6.92 Å². The molecule has 0 aromatic carbocycles. The average Bonchev–Trinajstić information content (AvgIpc) is 3.01. The first kappa shape index (κ1) is 18.6. The van der Waals surface area contributed by atoms with Gasteiger partial charge < -0.3 is 15.6 Å². The number of nitrogens with zero attached hydrogens (tertiary/aromatic N) is 1. The molecule has 0 atom stereocenters. The minimum absolute atomic E-state index is 0.0283. The maximum atomic E-state index is 12.5. The number of hydrogen-bond acceptors (Lipinski definition) is 5. The number of rotatable bonds is 7. The number of amides is 2. The van der Waals surface area contributed by atoms with E-state index >= 15 is 0 Å². The van der Waals surface area contributed by atoms with Crippen molar-refractivity contribution in [2.45, 2.75) is 51.9 Å². The SMILES string of the molecule is CCCNC(=O)CNC(=O)CCc1nc2sc3c(c2c(=O)[nH]1)CCCC3. The van der Waals surface area contributed by atoms with Gasteiger partial charge in [-0.15, -0.1) is 11.3 Å². The zero-order valence-corrected chi connectivity index (χ0v) is 15.8. The lowest BCUT2D eigenvalue weighted by molar-refractivity contribution is -0.126. The first-order valence-corrected chi connectivity index (χ1v) is 9.97. The number of carbonyl (C=O) groups excluding carboxylic acids is 2. The maximum Gasteiger partial charge on any atom is 0.259 e. The van der Waals surface area contributed by atoms with Crippen LogP contribution in [0.5, 0.6) is 0 Å². The predicted octanol–water partition coefficient (Wildman–Crippen LogP) is 1.44. The van der Waals surface area contributed by atoms with Gasteiger partial charge in [0.2, 0.25) is 11.8 Å². The molecule has 1 aliphatic carbocycles. The van der Waals surface area contributed by atoms with E-state index in [-0.39, 0.29) is 30.3 Å². The van der Waals surface area contributed by atoms with E-state index in [1.54, 1.807) is 11.3 Å². The summed E-state index contributed by atoms with van der Waals surface area (Å²) in [6, 6.07) is 0. The normalized spacial score (nSPS) is 13.4. The van der Waals surface area contributed by atoms with E-state index in [2.05, 4.69) is 20.6 Å². The molecule has 7 nitrogen and oxygen atoms in total. The molecule has 0 saturated heterocycles. The van der Waals surface area contributed by atoms with E-state index in [1.165, 1.54) is 4.88 Å². The van der Waals surface area contributed by atoms with Crippen LogP contribution in [0, 0.1) is 0 Å². The van der Waals surface area contributed by atoms with Gasteiger partial charge in [-0.3, -0.25) is 14.4 Å². The Morgan fingerprint density at radius 3 is 2.81 bits per heavy atom. The van der Waals surface area contributed by atoms with Gasteiger partial charge in [0, 0.05) is 24.3 Å². The number of H-pyrrole nitrogens is 1. The summed E-state index contributed by atoms with van der Waals surface area (Å²) in [4.78, 5) is 45.2. The van der Waals surface area contributed by atoms with E-state index < -0.39 is 0 Å². The molecule has 3 N–H and O–H groups in total. The Labute approximate surface area is 155 Å². The quantitative estimate of drug-likeness (QED) is 0.680. The van der Waals surface area contributed by atoms with E-state index in [4.69, 9.17) is 0 Å². The van der Waals surface area contributed by atoms with Crippen molar-refractivity contribution < 1.29 is 9.59 Å². The van der Waals surface area contributed by atoms with Crippen LogP contribution in [-0.2, 0) is 28.9 Å². The second-order valence-electron chi connectivity index (χ2n) is 6.53. The van der Waals surface area contributed by atoms with Crippen molar-refractivity contribution >= 4 is 33.4 Å². The van der Waals surface area contributed by atoms with Crippen molar-refractivity contribution in [2.24, 2.45) is 0 Å². The zero-order chi connectivity index (χ0) is 18.5. The number of aromatic amines is 1. The van der Waals surface area contributed by atoms with Gasteiger partial charge in [0.05, 0.1) is 11.9 Å². The molecule has 2 aromatic rings. The number of hydrogen-bond donors (Lipinski definition) is 3. The number of carbonyl (C=O) groups is 2. The van der Waals surface area contributed by atoms with E-state index in [0.717, 1.165) is 47.9 Å². The molecule has 26 heavy (non-hydrogen) atoms. The molecule has 140 valence electrons. The fraction of sp³-hybridized carbons (Fsp3) is 0.556. The standard InChI is InChI=1S/C18H24N4O3S/c1-2-9-19-15(24)10-20-14(23)8-7-13-21-17(25)16-11-5-3-4-6-12(11)26-18(16)22-13/h2-10H2,1H3,(H,19,24)(H,20,23)(H,21,22,25). The molecule has 0 bridgehead atoms. The van der Waals surface area contributed by atoms with E-state index in [9.17, 15) is 14.4 Å². The molecule has 0 spiro atoms. The Hall–Kier alpha value is -2.22. The molecule has 0 aliphatic heterocycles. The molecule has 2 heterocycles. The summed E-state index contributed by atoms with van der Waals surface area (Å²) in [5.74, 6) is 0.0915. The number of fused-ring (bicyclic) bond motifs is 3. The third-order valence-electron chi connectivity index (χ3n) is 4.48. The molecule has 2 aromatic heterocycles. The Morgan fingerprint density at radius 2 is 2.00 bits per heavy atom. The fourth-order valence-corrected chi connectivity index (χ4v) is 4.43. The second kappa shape index (κ2) is 8.44. The Morgan fingerprint density at radius 1 is 1.19 bits per heavy atom. The summed E-state index contributed by atoms with van der Waals surface area (Å²) >= 11 is 1.60. The highest BCUT2D eigenvalue weighted by atomic mass is 32.1. The third-order valence-corrected chi connectivity index (χ3v) is 5.67. The minimum atomic E-state index is -0.232. The molecular weight excluding hydrogens is 352 g/mol. The molecule has 3 rings (SSSR count). The topological polar surface area (TPSA) is 104 Å². The molecule has 0 unspecified atom stereocenters. The lowest BCUT2D eigenvalue weighted by atomic mass is 9.97. The van der Waals surface area contributed by atoms with Crippen LogP contribution >= 0.6 is 11.3 Å². The van der Waals surface area contributed by atoms with Crippen LogP contribution in [0.4, 0.5) is 0 Å². The lowest BCUT2D eigenvalue weighted by Gasteiger charge is -2.09. The van der Waals surface area contributed by atoms with Crippen molar-refractivity contribution in [3.05, 3.63) is 26.6 Å². The van der Waals surface area contributed by atoms with Gasteiger partial charge >= 0.3 is 0 Å². The van der Waals surface area contributed by atoms with Crippen molar-refractivity contribution in [3.63, 3.8) is 0 Å². The van der Waals surface area contributed by atoms with Crippen LogP contribution in [0.15, 0.2) is 4.79 Å². The van der Waals surface area contributed by atoms with Crippen LogP contribution in [0.3, 0.4) is 0 Å². The summed E-state index contributed by atoms with van der Waals surface area (Å²) in [7, 11) is 0. The van der Waals surface area contributed by atoms with Gasteiger partial charge in [0.15, 0.2) is 0 Å². The van der Waals surface area contributed by atoms with Gasteiger partial charge in [0.1, 0.15) is 10.7 Å². The molecule has 0 radical (unpaired) electrons. The predicted molar refractivity (Wildman–Crippen MR) is 102 cm³/mol. The average molecular weight is 376 g/mol.